The lowest BCUT2D eigenvalue weighted by atomic mass is 9.62. The lowest BCUT2D eigenvalue weighted by Gasteiger charge is -2.48. The van der Waals surface area contributed by atoms with Gasteiger partial charge < -0.3 is 24.1 Å². The van der Waals surface area contributed by atoms with E-state index in [-0.39, 0.29) is 54.2 Å². The Bertz CT molecular complexity index is 836. The van der Waals surface area contributed by atoms with Crippen LogP contribution in [0.1, 0.15) is 116 Å². The van der Waals surface area contributed by atoms with Crippen molar-refractivity contribution in [2.75, 3.05) is 13.2 Å². The van der Waals surface area contributed by atoms with E-state index in [1.54, 1.807) is 0 Å². The van der Waals surface area contributed by atoms with E-state index in [2.05, 4.69) is 25.2 Å². The number of allylic oxidation sites excluding steroid dienone is 2. The Hall–Kier alpha value is -1.54. The predicted molar refractivity (Wildman–Crippen MR) is 154 cm³/mol. The van der Waals surface area contributed by atoms with Crippen LogP contribution in [0.15, 0.2) is 24.3 Å². The van der Waals surface area contributed by atoms with Crippen LogP contribution in [0.3, 0.4) is 0 Å². The molecular formula is C33H52O7. The zero-order valence-electron chi connectivity index (χ0n) is 24.6. The molecule has 2 aliphatic carbocycles. The molecule has 7 nitrogen and oxygen atoms in total. The number of ketones is 1. The quantitative estimate of drug-likeness (QED) is 0.159. The fraction of sp³-hybridized carbons (Fsp3) is 0.818. The molecular weight excluding hydrogens is 508 g/mol. The van der Waals surface area contributed by atoms with Gasteiger partial charge in [-0.2, -0.15) is 0 Å². The van der Waals surface area contributed by atoms with Crippen LogP contribution >= 0.6 is 0 Å². The number of rotatable bonds is 16. The molecule has 0 amide bonds. The van der Waals surface area contributed by atoms with Crippen LogP contribution in [-0.4, -0.2) is 54.9 Å². The summed E-state index contributed by atoms with van der Waals surface area (Å²) in [6.07, 6.45) is 23.8. The average molecular weight is 561 g/mol. The molecule has 0 bridgehead atoms. The molecule has 0 spiro atoms. The van der Waals surface area contributed by atoms with Gasteiger partial charge in [0.1, 0.15) is 5.78 Å². The van der Waals surface area contributed by atoms with Gasteiger partial charge in [-0.05, 0) is 77.0 Å². The van der Waals surface area contributed by atoms with Crippen LogP contribution in [0.4, 0.5) is 0 Å². The number of hydrogen-bond donors (Lipinski definition) is 1. The molecule has 0 radical (unpaired) electrons. The van der Waals surface area contributed by atoms with Crippen LogP contribution in [0.5, 0.6) is 0 Å². The Balaban J connectivity index is 1.50. The number of hydrogen-bond acceptors (Lipinski definition) is 6. The number of carboxylic acids is 1. The third kappa shape index (κ3) is 8.98. The van der Waals surface area contributed by atoms with Gasteiger partial charge in [0.25, 0.3) is 0 Å². The van der Waals surface area contributed by atoms with Crippen molar-refractivity contribution in [1.82, 2.24) is 0 Å². The molecule has 7 heteroatoms. The minimum Gasteiger partial charge on any atom is -0.481 e. The summed E-state index contributed by atoms with van der Waals surface area (Å²) in [5, 5.41) is 8.89. The Morgan fingerprint density at radius 2 is 1.80 bits per heavy atom. The lowest BCUT2D eigenvalue weighted by Crippen LogP contribution is -2.44. The fourth-order valence-electron chi connectivity index (χ4n) is 6.83. The highest BCUT2D eigenvalue weighted by molar-refractivity contribution is 5.85. The molecule has 0 aromatic carbocycles. The zero-order valence-corrected chi connectivity index (χ0v) is 24.6. The SMILES string of the molecule is CCCCC1([C@@H](/C=C/[C@H]2[C@H](OC3CCCCO3)CC(=O)[C@@H]2C/C=C\CCCC(=O)O)OC2CCCCO2)CCC1. The van der Waals surface area contributed by atoms with Crippen LogP contribution < -0.4 is 0 Å². The van der Waals surface area contributed by atoms with Crippen molar-refractivity contribution in [2.24, 2.45) is 17.3 Å². The molecule has 2 unspecified atom stereocenters. The minimum atomic E-state index is -0.770. The van der Waals surface area contributed by atoms with Crippen molar-refractivity contribution in [1.29, 1.82) is 0 Å². The molecule has 0 aromatic heterocycles. The monoisotopic (exact) mass is 560 g/mol. The summed E-state index contributed by atoms with van der Waals surface area (Å²) in [6.45, 7) is 3.73. The Morgan fingerprint density at radius 1 is 1.05 bits per heavy atom. The molecule has 2 aliphatic heterocycles. The topological polar surface area (TPSA) is 91.3 Å². The Labute approximate surface area is 241 Å². The number of unbranched alkanes of at least 4 members (excludes halogenated alkanes) is 2. The van der Waals surface area contributed by atoms with Crippen molar-refractivity contribution in [3.63, 3.8) is 0 Å². The number of carboxylic acid groups (broad SMARTS) is 1. The summed E-state index contributed by atoms with van der Waals surface area (Å²) < 4.78 is 25.1. The molecule has 4 fully saturated rings. The summed E-state index contributed by atoms with van der Waals surface area (Å²) in [7, 11) is 0. The second-order valence-corrected chi connectivity index (χ2v) is 12.4. The van der Waals surface area contributed by atoms with Gasteiger partial charge in [0.05, 0.1) is 12.2 Å². The molecule has 0 aromatic rings. The smallest absolute Gasteiger partial charge is 0.303 e. The minimum absolute atomic E-state index is 0.0228. The first-order chi connectivity index (χ1) is 19.5. The van der Waals surface area contributed by atoms with Gasteiger partial charge in [0, 0.05) is 43.3 Å². The van der Waals surface area contributed by atoms with Crippen molar-refractivity contribution < 1.29 is 33.6 Å². The Morgan fingerprint density at radius 3 is 2.42 bits per heavy atom. The summed E-state index contributed by atoms with van der Waals surface area (Å²) >= 11 is 0. The van der Waals surface area contributed by atoms with Gasteiger partial charge >= 0.3 is 5.97 Å². The molecule has 1 N–H and O–H groups in total. The summed E-state index contributed by atoms with van der Waals surface area (Å²) in [6, 6.07) is 0. The molecule has 4 rings (SSSR count). The summed E-state index contributed by atoms with van der Waals surface area (Å²) in [5.41, 5.74) is 0.151. The van der Waals surface area contributed by atoms with Gasteiger partial charge in [-0.1, -0.05) is 50.5 Å². The summed E-state index contributed by atoms with van der Waals surface area (Å²) in [5.74, 6) is -0.723. The van der Waals surface area contributed by atoms with Gasteiger partial charge in [0.15, 0.2) is 12.6 Å². The van der Waals surface area contributed by atoms with Crippen molar-refractivity contribution in [3.05, 3.63) is 24.3 Å². The lowest BCUT2D eigenvalue weighted by molar-refractivity contribution is -0.211. The Kier molecular flexibility index (Phi) is 12.7. The van der Waals surface area contributed by atoms with E-state index in [0.717, 1.165) is 51.6 Å². The second kappa shape index (κ2) is 16.2. The first-order valence-corrected chi connectivity index (χ1v) is 16.1. The largest absolute Gasteiger partial charge is 0.481 e. The molecule has 2 saturated heterocycles. The van der Waals surface area contributed by atoms with E-state index in [1.165, 1.54) is 32.1 Å². The van der Waals surface area contributed by atoms with Gasteiger partial charge in [-0.25, -0.2) is 0 Å². The third-order valence-corrected chi connectivity index (χ3v) is 9.42. The maximum absolute atomic E-state index is 13.3. The van der Waals surface area contributed by atoms with Crippen molar-refractivity contribution in [3.8, 4) is 0 Å². The number of carbonyl (C=O) groups excluding carboxylic acids is 1. The van der Waals surface area contributed by atoms with Crippen molar-refractivity contribution >= 4 is 11.8 Å². The fourth-order valence-corrected chi connectivity index (χ4v) is 6.83. The first kappa shape index (κ1) is 31.4. The van der Waals surface area contributed by atoms with Crippen molar-refractivity contribution in [2.45, 2.75) is 141 Å². The highest BCUT2D eigenvalue weighted by atomic mass is 16.7. The van der Waals surface area contributed by atoms with E-state index in [4.69, 9.17) is 24.1 Å². The van der Waals surface area contributed by atoms with Gasteiger partial charge in [0.2, 0.25) is 0 Å². The maximum atomic E-state index is 13.3. The highest BCUT2D eigenvalue weighted by Gasteiger charge is 2.46. The number of carbonyl (C=O) groups is 2. The van der Waals surface area contributed by atoms with E-state index in [0.29, 0.717) is 32.3 Å². The number of aliphatic carboxylic acids is 1. The number of Topliss-reactive ketones (excluding diaryl/α,β-unsaturated/α-hetero) is 1. The molecule has 226 valence electrons. The number of ether oxygens (including phenoxy) is 4. The zero-order chi connectivity index (χ0) is 28.2. The molecule has 4 aliphatic rings. The van der Waals surface area contributed by atoms with Crippen LogP contribution in [0, 0.1) is 17.3 Å². The normalized spacial score (nSPS) is 31.5. The van der Waals surface area contributed by atoms with E-state index < -0.39 is 5.97 Å². The summed E-state index contributed by atoms with van der Waals surface area (Å²) in [4.78, 5) is 24.1. The van der Waals surface area contributed by atoms with E-state index >= 15 is 0 Å². The molecule has 2 saturated carbocycles. The van der Waals surface area contributed by atoms with Gasteiger partial charge in [-0.3, -0.25) is 9.59 Å². The maximum Gasteiger partial charge on any atom is 0.303 e. The molecule has 2 heterocycles. The highest BCUT2D eigenvalue weighted by Crippen LogP contribution is 2.50. The van der Waals surface area contributed by atoms with Crippen LogP contribution in [-0.2, 0) is 28.5 Å². The predicted octanol–water partition coefficient (Wildman–Crippen LogP) is 7.13. The van der Waals surface area contributed by atoms with Crippen LogP contribution in [0.2, 0.25) is 0 Å². The van der Waals surface area contributed by atoms with E-state index in [9.17, 15) is 9.59 Å². The average Bonchev–Trinajstić information content (AvgIpc) is 3.22. The first-order valence-electron chi connectivity index (χ1n) is 16.1. The second-order valence-electron chi connectivity index (χ2n) is 12.4. The van der Waals surface area contributed by atoms with E-state index in [1.807, 2.05) is 6.08 Å². The molecule has 40 heavy (non-hydrogen) atoms. The standard InChI is InChI=1S/C33H52O7/c1-2-3-19-33(20-12-21-33)29(40-32-16-9-11-23-38-32)18-17-26-25(13-6-4-5-7-14-30(35)36)27(34)24-28(26)39-31-15-8-10-22-37-31/h4,6,17-18,25-26,28-29,31-32H,2-3,5,7-16,19-24H2,1H3,(H,35,36)/b6-4-,18-17+/t25-,26-,28-,29-,31?,32?/m1/s1. The van der Waals surface area contributed by atoms with Gasteiger partial charge in [-0.15, -0.1) is 0 Å². The van der Waals surface area contributed by atoms with Crippen LogP contribution in [0.25, 0.3) is 0 Å². The third-order valence-electron chi connectivity index (χ3n) is 9.42. The molecule has 6 atom stereocenters.